The SMILES string of the molecule is COc1ccc(C(=O)NC2=C(C(=O)Nc3ccc4cn[nH]c4c3)CC=CC=C2)cc1. The van der Waals surface area contributed by atoms with Crippen LogP contribution in [0.15, 0.2) is 84.2 Å². The van der Waals surface area contributed by atoms with Crippen LogP contribution in [-0.2, 0) is 4.79 Å². The van der Waals surface area contributed by atoms with Crippen molar-refractivity contribution in [2.45, 2.75) is 6.42 Å². The topological polar surface area (TPSA) is 96.1 Å². The van der Waals surface area contributed by atoms with E-state index < -0.39 is 0 Å². The Morgan fingerprint density at radius 2 is 1.87 bits per heavy atom. The second-order valence-electron chi connectivity index (χ2n) is 6.69. The Morgan fingerprint density at radius 1 is 1.03 bits per heavy atom. The van der Waals surface area contributed by atoms with Crippen molar-refractivity contribution < 1.29 is 14.3 Å². The maximum Gasteiger partial charge on any atom is 0.255 e. The minimum Gasteiger partial charge on any atom is -0.497 e. The zero-order valence-electron chi connectivity index (χ0n) is 16.3. The number of nitrogens with zero attached hydrogens (tertiary/aromatic N) is 1. The van der Waals surface area contributed by atoms with E-state index in [9.17, 15) is 9.59 Å². The average molecular weight is 400 g/mol. The van der Waals surface area contributed by atoms with Gasteiger partial charge in [0.05, 0.1) is 24.5 Å². The van der Waals surface area contributed by atoms with Gasteiger partial charge in [0.25, 0.3) is 11.8 Å². The standard InChI is InChI=1S/C23H20N4O3/c1-30-18-11-8-15(9-12-18)22(28)26-20-6-4-2-3-5-19(20)23(29)25-17-10-7-16-14-24-27-21(16)13-17/h2-4,6-14H,5H2,1H3,(H,24,27)(H,25,29)(H,26,28). The summed E-state index contributed by atoms with van der Waals surface area (Å²) in [5.74, 6) is 0.0807. The summed E-state index contributed by atoms with van der Waals surface area (Å²) in [6, 6.07) is 12.3. The summed E-state index contributed by atoms with van der Waals surface area (Å²) in [6.07, 6.45) is 9.34. The van der Waals surface area contributed by atoms with E-state index in [2.05, 4.69) is 20.8 Å². The number of nitrogens with one attached hydrogen (secondary N) is 3. The number of hydrogen-bond acceptors (Lipinski definition) is 4. The fourth-order valence-electron chi connectivity index (χ4n) is 3.12. The van der Waals surface area contributed by atoms with Crippen molar-refractivity contribution in [3.05, 3.63) is 89.8 Å². The second-order valence-corrected chi connectivity index (χ2v) is 6.69. The predicted octanol–water partition coefficient (Wildman–Crippen LogP) is 3.71. The van der Waals surface area contributed by atoms with E-state index in [0.717, 1.165) is 10.9 Å². The maximum absolute atomic E-state index is 13.0. The van der Waals surface area contributed by atoms with Crippen LogP contribution in [-0.4, -0.2) is 29.1 Å². The fraction of sp³-hybridized carbons (Fsp3) is 0.0870. The van der Waals surface area contributed by atoms with E-state index in [4.69, 9.17) is 4.74 Å². The number of amides is 2. The van der Waals surface area contributed by atoms with Gasteiger partial charge in [-0.1, -0.05) is 18.2 Å². The second kappa shape index (κ2) is 8.48. The molecule has 0 saturated heterocycles. The van der Waals surface area contributed by atoms with Crippen LogP contribution in [0.2, 0.25) is 0 Å². The molecular formula is C23H20N4O3. The molecule has 7 nitrogen and oxygen atoms in total. The van der Waals surface area contributed by atoms with E-state index >= 15 is 0 Å². The first-order valence-corrected chi connectivity index (χ1v) is 9.40. The van der Waals surface area contributed by atoms with Crippen LogP contribution in [0.25, 0.3) is 10.9 Å². The molecule has 0 aliphatic heterocycles. The Morgan fingerprint density at radius 3 is 2.67 bits per heavy atom. The summed E-state index contributed by atoms with van der Waals surface area (Å²) in [7, 11) is 1.57. The number of allylic oxidation sites excluding steroid dienone is 4. The molecule has 0 unspecified atom stereocenters. The Labute approximate surface area is 173 Å². The highest BCUT2D eigenvalue weighted by Crippen LogP contribution is 2.20. The normalized spacial score (nSPS) is 13.2. The number of aromatic amines is 1. The molecule has 150 valence electrons. The summed E-state index contributed by atoms with van der Waals surface area (Å²) in [5, 5.41) is 13.6. The third-order valence-electron chi connectivity index (χ3n) is 4.73. The third kappa shape index (κ3) is 4.15. The van der Waals surface area contributed by atoms with Crippen LogP contribution >= 0.6 is 0 Å². The number of carbonyl (C=O) groups excluding carboxylic acids is 2. The molecule has 30 heavy (non-hydrogen) atoms. The number of ether oxygens (including phenoxy) is 1. The molecule has 1 aliphatic rings. The minimum absolute atomic E-state index is 0.282. The number of anilines is 1. The quantitative estimate of drug-likeness (QED) is 0.608. The van der Waals surface area contributed by atoms with E-state index in [0.29, 0.717) is 34.7 Å². The van der Waals surface area contributed by atoms with Crippen LogP contribution in [0.1, 0.15) is 16.8 Å². The smallest absolute Gasteiger partial charge is 0.255 e. The fourth-order valence-corrected chi connectivity index (χ4v) is 3.12. The lowest BCUT2D eigenvalue weighted by molar-refractivity contribution is -0.113. The molecule has 2 amide bonds. The van der Waals surface area contributed by atoms with Crippen LogP contribution in [0, 0.1) is 0 Å². The number of fused-ring (bicyclic) bond motifs is 1. The lowest BCUT2D eigenvalue weighted by Gasteiger charge is -2.13. The molecule has 0 saturated carbocycles. The van der Waals surface area contributed by atoms with Crippen molar-refractivity contribution in [3.8, 4) is 5.75 Å². The molecule has 1 aromatic heterocycles. The zero-order chi connectivity index (χ0) is 20.9. The van der Waals surface area contributed by atoms with E-state index in [-0.39, 0.29) is 11.8 Å². The van der Waals surface area contributed by atoms with Gasteiger partial charge >= 0.3 is 0 Å². The van der Waals surface area contributed by atoms with Crippen LogP contribution in [0.4, 0.5) is 5.69 Å². The molecular weight excluding hydrogens is 380 g/mol. The summed E-state index contributed by atoms with van der Waals surface area (Å²) in [5.41, 5.74) is 2.86. The molecule has 1 heterocycles. The van der Waals surface area contributed by atoms with Gasteiger partial charge in [0.2, 0.25) is 0 Å². The van der Waals surface area contributed by atoms with Gasteiger partial charge in [-0.15, -0.1) is 0 Å². The highest BCUT2D eigenvalue weighted by Gasteiger charge is 2.17. The van der Waals surface area contributed by atoms with Gasteiger partial charge in [-0.25, -0.2) is 0 Å². The van der Waals surface area contributed by atoms with E-state index in [1.165, 1.54) is 0 Å². The lowest BCUT2D eigenvalue weighted by Crippen LogP contribution is -2.26. The number of rotatable bonds is 5. The van der Waals surface area contributed by atoms with Crippen LogP contribution in [0.5, 0.6) is 5.75 Å². The molecule has 4 rings (SSSR count). The summed E-state index contributed by atoms with van der Waals surface area (Å²) in [6.45, 7) is 0. The van der Waals surface area contributed by atoms with E-state index in [1.54, 1.807) is 49.7 Å². The molecule has 7 heteroatoms. The van der Waals surface area contributed by atoms with Crippen molar-refractivity contribution in [1.29, 1.82) is 0 Å². The first kappa shape index (κ1) is 19.2. The zero-order valence-corrected chi connectivity index (χ0v) is 16.3. The van der Waals surface area contributed by atoms with Crippen molar-refractivity contribution in [2.75, 3.05) is 12.4 Å². The van der Waals surface area contributed by atoms with Crippen molar-refractivity contribution >= 4 is 28.4 Å². The highest BCUT2D eigenvalue weighted by atomic mass is 16.5. The number of carbonyl (C=O) groups is 2. The number of hydrogen-bond donors (Lipinski definition) is 3. The summed E-state index contributed by atoms with van der Waals surface area (Å²) in [4.78, 5) is 25.7. The first-order chi connectivity index (χ1) is 14.6. The average Bonchev–Trinajstić information content (AvgIpc) is 3.11. The minimum atomic E-state index is -0.302. The number of aromatic nitrogens is 2. The Kier molecular flexibility index (Phi) is 5.43. The van der Waals surface area contributed by atoms with Crippen LogP contribution < -0.4 is 15.4 Å². The predicted molar refractivity (Wildman–Crippen MR) is 115 cm³/mol. The van der Waals surface area contributed by atoms with Crippen molar-refractivity contribution in [3.63, 3.8) is 0 Å². The van der Waals surface area contributed by atoms with Gasteiger partial charge in [0.1, 0.15) is 5.75 Å². The number of methoxy groups -OCH3 is 1. The molecule has 3 N–H and O–H groups in total. The first-order valence-electron chi connectivity index (χ1n) is 9.40. The Bertz CT molecular complexity index is 1190. The monoisotopic (exact) mass is 400 g/mol. The molecule has 0 radical (unpaired) electrons. The highest BCUT2D eigenvalue weighted by molar-refractivity contribution is 6.06. The lowest BCUT2D eigenvalue weighted by atomic mass is 10.1. The maximum atomic E-state index is 13.0. The molecule has 0 spiro atoms. The third-order valence-corrected chi connectivity index (χ3v) is 4.73. The van der Waals surface area contributed by atoms with Gasteiger partial charge < -0.3 is 15.4 Å². The van der Waals surface area contributed by atoms with Gasteiger partial charge in [-0.3, -0.25) is 14.7 Å². The number of H-pyrrole nitrogens is 1. The molecule has 1 aliphatic carbocycles. The van der Waals surface area contributed by atoms with Gasteiger partial charge in [-0.05, 0) is 55.0 Å². The molecule has 0 bridgehead atoms. The van der Waals surface area contributed by atoms with Crippen molar-refractivity contribution in [1.82, 2.24) is 15.5 Å². The molecule has 0 fully saturated rings. The van der Waals surface area contributed by atoms with Crippen LogP contribution in [0.3, 0.4) is 0 Å². The molecule has 0 atom stereocenters. The number of benzene rings is 2. The van der Waals surface area contributed by atoms with Gasteiger partial charge in [0.15, 0.2) is 0 Å². The summed E-state index contributed by atoms with van der Waals surface area (Å²) >= 11 is 0. The summed E-state index contributed by atoms with van der Waals surface area (Å²) < 4.78 is 5.12. The van der Waals surface area contributed by atoms with Gasteiger partial charge in [-0.2, -0.15) is 5.10 Å². The Balaban J connectivity index is 1.56. The Hall–Kier alpha value is -4.13. The molecule has 2 aromatic carbocycles. The molecule has 3 aromatic rings. The largest absolute Gasteiger partial charge is 0.497 e. The van der Waals surface area contributed by atoms with Gasteiger partial charge in [0, 0.05) is 22.2 Å². The van der Waals surface area contributed by atoms with Crippen molar-refractivity contribution in [2.24, 2.45) is 0 Å². The van der Waals surface area contributed by atoms with E-state index in [1.807, 2.05) is 30.4 Å².